The number of nitrogens with one attached hydrogen (secondary N) is 1. The third kappa shape index (κ3) is 1.43. The number of aromatic nitrogens is 1. The summed E-state index contributed by atoms with van der Waals surface area (Å²) < 4.78 is 1.97. The number of nitrogens with zero attached hydrogens (tertiary/aromatic N) is 1. The molecule has 0 bridgehead atoms. The van der Waals surface area contributed by atoms with Crippen molar-refractivity contribution in [3.63, 3.8) is 0 Å². The monoisotopic (exact) mass is 203 g/mol. The Hall–Kier alpha value is -1.35. The zero-order chi connectivity index (χ0) is 11.0. The highest BCUT2D eigenvalue weighted by atomic mass is 15.0. The van der Waals surface area contributed by atoms with Crippen LogP contribution in [0.15, 0.2) is 17.8 Å². The van der Waals surface area contributed by atoms with Crippen LogP contribution in [0.5, 0.6) is 0 Å². The molecule has 0 fully saturated rings. The third-order valence-electron chi connectivity index (χ3n) is 3.13. The number of allylic oxidation sites excluding steroid dienone is 2. The van der Waals surface area contributed by atoms with Gasteiger partial charge in [0.05, 0.1) is 5.69 Å². The van der Waals surface area contributed by atoms with Crippen LogP contribution in [0.2, 0.25) is 0 Å². The Morgan fingerprint density at radius 3 is 2.73 bits per heavy atom. The number of fused-ring (bicyclic) bond motifs is 1. The van der Waals surface area contributed by atoms with Crippen molar-refractivity contribution >= 4 is 11.4 Å². The van der Waals surface area contributed by atoms with E-state index in [1.165, 1.54) is 16.8 Å². The molecular weight excluding hydrogens is 186 g/mol. The van der Waals surface area contributed by atoms with Gasteiger partial charge in [-0.2, -0.15) is 0 Å². The maximum absolute atomic E-state index is 7.94. The van der Waals surface area contributed by atoms with E-state index in [0.717, 1.165) is 25.0 Å². The molecule has 15 heavy (non-hydrogen) atoms. The summed E-state index contributed by atoms with van der Waals surface area (Å²) in [6.07, 6.45) is 4.01. The molecule has 3 N–H and O–H groups in total. The Balaban J connectivity index is 2.40. The maximum Gasteiger partial charge on any atom is 0.132 e. The van der Waals surface area contributed by atoms with Crippen molar-refractivity contribution in [2.75, 3.05) is 6.54 Å². The zero-order valence-electron chi connectivity index (χ0n) is 9.30. The van der Waals surface area contributed by atoms with Crippen molar-refractivity contribution in [3.05, 3.63) is 29.1 Å². The second kappa shape index (κ2) is 3.66. The Morgan fingerprint density at radius 2 is 2.07 bits per heavy atom. The highest BCUT2D eigenvalue weighted by molar-refractivity contribution is 6.09. The van der Waals surface area contributed by atoms with Gasteiger partial charge in [-0.1, -0.05) is 0 Å². The summed E-state index contributed by atoms with van der Waals surface area (Å²) in [4.78, 5) is 0. The molecule has 0 aliphatic carbocycles. The molecule has 2 rings (SSSR count). The summed E-state index contributed by atoms with van der Waals surface area (Å²) in [7, 11) is 0. The Bertz CT molecular complexity index is 438. The van der Waals surface area contributed by atoms with Gasteiger partial charge >= 0.3 is 0 Å². The van der Waals surface area contributed by atoms with Crippen LogP contribution in [0.4, 0.5) is 0 Å². The van der Waals surface area contributed by atoms with Gasteiger partial charge in [-0.05, 0) is 56.0 Å². The summed E-state index contributed by atoms with van der Waals surface area (Å²) in [5.41, 5.74) is 10.4. The normalized spacial score (nSPS) is 15.0. The lowest BCUT2D eigenvalue weighted by molar-refractivity contribution is 0.830. The van der Waals surface area contributed by atoms with Crippen LogP contribution in [0.1, 0.15) is 31.5 Å². The average molecular weight is 203 g/mol. The van der Waals surface area contributed by atoms with Crippen molar-refractivity contribution in [2.24, 2.45) is 5.73 Å². The van der Waals surface area contributed by atoms with Crippen molar-refractivity contribution in [2.45, 2.75) is 26.7 Å². The number of hydrogen-bond donors (Lipinski definition) is 2. The largest absolute Gasteiger partial charge is 0.330 e. The van der Waals surface area contributed by atoms with E-state index in [9.17, 15) is 0 Å². The van der Waals surface area contributed by atoms with Gasteiger partial charge in [0.25, 0.3) is 0 Å². The Kier molecular flexibility index (Phi) is 2.49. The van der Waals surface area contributed by atoms with Crippen molar-refractivity contribution in [1.29, 1.82) is 5.41 Å². The van der Waals surface area contributed by atoms with E-state index in [0.29, 0.717) is 5.84 Å². The predicted molar refractivity (Wildman–Crippen MR) is 63.2 cm³/mol. The fourth-order valence-electron chi connectivity index (χ4n) is 2.11. The van der Waals surface area contributed by atoms with Crippen LogP contribution in [0, 0.1) is 5.41 Å². The standard InChI is InChI=1S/C12H17N3/c1-8-9(2)12(14)15-7-5-10(11(8)15)4-3-6-13/h5,7,14H,3-4,6,13H2,1-2H3. The molecule has 0 saturated heterocycles. The highest BCUT2D eigenvalue weighted by Gasteiger charge is 2.22. The molecule has 0 unspecified atom stereocenters. The first-order valence-corrected chi connectivity index (χ1v) is 5.34. The zero-order valence-corrected chi connectivity index (χ0v) is 9.30. The number of rotatable bonds is 3. The second-order valence-electron chi connectivity index (χ2n) is 4.05. The molecule has 0 amide bonds. The van der Waals surface area contributed by atoms with Crippen molar-refractivity contribution in [3.8, 4) is 0 Å². The van der Waals surface area contributed by atoms with Crippen LogP contribution < -0.4 is 5.73 Å². The lowest BCUT2D eigenvalue weighted by Crippen LogP contribution is -2.06. The summed E-state index contributed by atoms with van der Waals surface area (Å²) in [6, 6.07) is 2.11. The molecule has 0 spiro atoms. The van der Waals surface area contributed by atoms with Crippen LogP contribution in [-0.4, -0.2) is 16.9 Å². The maximum atomic E-state index is 7.94. The minimum Gasteiger partial charge on any atom is -0.330 e. The topological polar surface area (TPSA) is 54.8 Å². The smallest absolute Gasteiger partial charge is 0.132 e. The summed E-state index contributed by atoms with van der Waals surface area (Å²) >= 11 is 0. The highest BCUT2D eigenvalue weighted by Crippen LogP contribution is 2.31. The molecule has 0 saturated carbocycles. The Morgan fingerprint density at radius 1 is 1.33 bits per heavy atom. The summed E-state index contributed by atoms with van der Waals surface area (Å²) in [5, 5.41) is 7.94. The van der Waals surface area contributed by atoms with E-state index in [4.69, 9.17) is 11.1 Å². The lowest BCUT2D eigenvalue weighted by Gasteiger charge is -2.02. The lowest BCUT2D eigenvalue weighted by atomic mass is 10.0. The van der Waals surface area contributed by atoms with Crippen LogP contribution in [0.3, 0.4) is 0 Å². The van der Waals surface area contributed by atoms with E-state index < -0.39 is 0 Å². The molecule has 3 heteroatoms. The van der Waals surface area contributed by atoms with Gasteiger partial charge in [-0.25, -0.2) is 0 Å². The number of hydrogen-bond acceptors (Lipinski definition) is 2. The van der Waals surface area contributed by atoms with Gasteiger partial charge in [-0.3, -0.25) is 5.41 Å². The SMILES string of the molecule is CC1=C(C)c2c(CCCN)ccn2C1=N. The fraction of sp³-hybridized carbons (Fsp3) is 0.417. The molecule has 1 aliphatic rings. The predicted octanol–water partition coefficient (Wildman–Crippen LogP) is 2.01. The molecule has 3 nitrogen and oxygen atoms in total. The summed E-state index contributed by atoms with van der Waals surface area (Å²) in [6.45, 7) is 4.83. The van der Waals surface area contributed by atoms with E-state index in [-0.39, 0.29) is 0 Å². The minimum absolute atomic E-state index is 0.612. The molecule has 80 valence electrons. The summed E-state index contributed by atoms with van der Waals surface area (Å²) in [5.74, 6) is 0.612. The first kappa shape index (κ1) is 10.2. The average Bonchev–Trinajstić information content (AvgIpc) is 2.74. The molecule has 0 aromatic carbocycles. The van der Waals surface area contributed by atoms with Gasteiger partial charge in [-0.15, -0.1) is 0 Å². The van der Waals surface area contributed by atoms with Gasteiger partial charge in [0.15, 0.2) is 0 Å². The molecule has 2 heterocycles. The van der Waals surface area contributed by atoms with E-state index in [2.05, 4.69) is 13.0 Å². The van der Waals surface area contributed by atoms with Gasteiger partial charge in [0.2, 0.25) is 0 Å². The number of nitrogens with two attached hydrogens (primary N) is 1. The van der Waals surface area contributed by atoms with Crippen LogP contribution in [-0.2, 0) is 6.42 Å². The first-order valence-electron chi connectivity index (χ1n) is 5.34. The van der Waals surface area contributed by atoms with Crippen LogP contribution in [0.25, 0.3) is 5.57 Å². The van der Waals surface area contributed by atoms with Crippen LogP contribution >= 0.6 is 0 Å². The van der Waals surface area contributed by atoms with Gasteiger partial charge in [0.1, 0.15) is 5.84 Å². The van der Waals surface area contributed by atoms with Gasteiger partial charge in [0, 0.05) is 6.20 Å². The molecule has 0 atom stereocenters. The molecule has 1 aliphatic heterocycles. The number of aryl methyl sites for hydroxylation is 1. The van der Waals surface area contributed by atoms with E-state index >= 15 is 0 Å². The molecule has 0 radical (unpaired) electrons. The second-order valence-corrected chi connectivity index (χ2v) is 4.05. The third-order valence-corrected chi connectivity index (χ3v) is 3.13. The van der Waals surface area contributed by atoms with Crippen molar-refractivity contribution < 1.29 is 0 Å². The minimum atomic E-state index is 0.612. The molecule has 1 aromatic heterocycles. The Labute approximate surface area is 90.1 Å². The van der Waals surface area contributed by atoms with E-state index in [1.807, 2.05) is 17.7 Å². The van der Waals surface area contributed by atoms with Gasteiger partial charge < -0.3 is 10.3 Å². The fourth-order valence-corrected chi connectivity index (χ4v) is 2.11. The van der Waals surface area contributed by atoms with Crippen molar-refractivity contribution in [1.82, 2.24) is 4.57 Å². The first-order chi connectivity index (χ1) is 7.16. The quantitative estimate of drug-likeness (QED) is 0.775. The van der Waals surface area contributed by atoms with E-state index in [1.54, 1.807) is 0 Å². The molecular formula is C12H17N3. The molecule has 1 aromatic rings.